The highest BCUT2D eigenvalue weighted by Crippen LogP contribution is 2.57. The standard InChI is InChI=1S/C47H36N2.C23H16Br2.C12H11N/c1-47(2)43-30-18-17-27-37(43)40-31-41-42(32-44(40)47)46(49(35-23-11-5-12-24-35)36-25-13-6-14-26-36)39-29-16-15-28-38(39)45(41)48(33-19-7-3-8-20-33)34-21-9-4-10-22-34;1-23(2)19-10-6-5-7-13(19)16-11-17-18(12-20(16)23)22(25)15-9-4-3-8-14(15)21(17)24;1-3-7-11(8-4-1)13-12-9-5-2-6-10-12/h3-32H,1-2H3;3-12H,1-2H3;1-10,13H. The largest absolute Gasteiger partial charge is 0.356 e. The molecule has 0 aliphatic heterocycles. The van der Waals surface area contributed by atoms with E-state index < -0.39 is 0 Å². The summed E-state index contributed by atoms with van der Waals surface area (Å²) >= 11 is 7.75. The summed E-state index contributed by atoms with van der Waals surface area (Å²) in [6, 6.07) is 108. The zero-order valence-corrected chi connectivity index (χ0v) is 52.2. The average Bonchev–Trinajstić information content (AvgIpc) is 1.71. The van der Waals surface area contributed by atoms with Crippen LogP contribution in [0.5, 0.6) is 0 Å². The van der Waals surface area contributed by atoms with Crippen LogP contribution in [0.2, 0.25) is 0 Å². The third kappa shape index (κ3) is 9.95. The van der Waals surface area contributed by atoms with Gasteiger partial charge in [0.15, 0.2) is 0 Å². The van der Waals surface area contributed by atoms with Gasteiger partial charge < -0.3 is 15.1 Å². The van der Waals surface area contributed by atoms with Gasteiger partial charge in [-0.1, -0.05) is 234 Å². The van der Waals surface area contributed by atoms with Gasteiger partial charge >= 0.3 is 0 Å². The van der Waals surface area contributed by atoms with E-state index in [1.165, 1.54) is 108 Å². The quantitative estimate of drug-likeness (QED) is 0.121. The van der Waals surface area contributed by atoms with Crippen molar-refractivity contribution >= 4 is 120 Å². The van der Waals surface area contributed by atoms with Crippen molar-refractivity contribution in [2.45, 2.75) is 38.5 Å². The summed E-state index contributed by atoms with van der Waals surface area (Å²) in [5, 5.41) is 13.1. The summed E-state index contributed by atoms with van der Waals surface area (Å²) in [4.78, 5) is 4.90. The fourth-order valence-electron chi connectivity index (χ4n) is 13.4. The molecule has 0 fully saturated rings. The minimum Gasteiger partial charge on any atom is -0.356 e. The smallest absolute Gasteiger partial charge is 0.0620 e. The maximum Gasteiger partial charge on any atom is 0.0620 e. The van der Waals surface area contributed by atoms with Gasteiger partial charge in [0.25, 0.3) is 0 Å². The molecule has 14 aromatic carbocycles. The van der Waals surface area contributed by atoms with Gasteiger partial charge in [-0.25, -0.2) is 0 Å². The molecule has 1 N–H and O–H groups in total. The number of benzene rings is 14. The molecule has 5 heteroatoms. The molecular formula is C82H63Br2N3. The first-order valence-electron chi connectivity index (χ1n) is 29.8. The van der Waals surface area contributed by atoms with Crippen LogP contribution >= 0.6 is 31.9 Å². The molecule has 0 radical (unpaired) electrons. The molecule has 2 aliphatic carbocycles. The van der Waals surface area contributed by atoms with E-state index in [1.807, 2.05) is 60.7 Å². The van der Waals surface area contributed by atoms with Crippen LogP contribution in [0.15, 0.2) is 312 Å². The van der Waals surface area contributed by atoms with Gasteiger partial charge in [-0.05, 0) is 195 Å². The topological polar surface area (TPSA) is 18.5 Å². The van der Waals surface area contributed by atoms with Crippen molar-refractivity contribution in [2.24, 2.45) is 0 Å². The van der Waals surface area contributed by atoms with Crippen molar-refractivity contribution in [3.05, 3.63) is 335 Å². The van der Waals surface area contributed by atoms with Crippen LogP contribution in [0.3, 0.4) is 0 Å². The highest BCUT2D eigenvalue weighted by Gasteiger charge is 2.38. The van der Waals surface area contributed by atoms with Gasteiger partial charge in [-0.2, -0.15) is 0 Å². The Kier molecular flexibility index (Phi) is 14.7. The number of hydrogen-bond donors (Lipinski definition) is 1. The Hall–Kier alpha value is -9.52. The fraction of sp³-hybridized carbons (Fsp3) is 0.0732. The molecule has 0 bridgehead atoms. The molecule has 16 rings (SSSR count). The molecule has 0 unspecified atom stereocenters. The first kappa shape index (κ1) is 55.4. The van der Waals surface area contributed by atoms with E-state index >= 15 is 0 Å². The van der Waals surface area contributed by atoms with Gasteiger partial charge in [-0.3, -0.25) is 0 Å². The average molecular weight is 1250 g/mol. The number of nitrogens with one attached hydrogen (secondary N) is 1. The maximum atomic E-state index is 3.88. The summed E-state index contributed by atoms with van der Waals surface area (Å²) in [5.41, 5.74) is 19.9. The van der Waals surface area contributed by atoms with Gasteiger partial charge in [-0.15, -0.1) is 0 Å². The number of hydrogen-bond acceptors (Lipinski definition) is 3. The first-order chi connectivity index (χ1) is 42.6. The lowest BCUT2D eigenvalue weighted by Crippen LogP contribution is -2.16. The van der Waals surface area contributed by atoms with Crippen molar-refractivity contribution in [1.29, 1.82) is 0 Å². The van der Waals surface area contributed by atoms with Crippen molar-refractivity contribution < 1.29 is 0 Å². The van der Waals surface area contributed by atoms with Crippen LogP contribution in [0.1, 0.15) is 49.9 Å². The summed E-state index contributed by atoms with van der Waals surface area (Å²) in [5.74, 6) is 0. The van der Waals surface area contributed by atoms with Crippen LogP contribution in [-0.4, -0.2) is 0 Å². The van der Waals surface area contributed by atoms with E-state index in [-0.39, 0.29) is 10.8 Å². The minimum atomic E-state index is -0.147. The first-order valence-corrected chi connectivity index (χ1v) is 31.4. The lowest BCUT2D eigenvalue weighted by molar-refractivity contribution is 0.661. The molecule has 0 aromatic heterocycles. The van der Waals surface area contributed by atoms with Crippen LogP contribution in [0, 0.1) is 0 Å². The fourth-order valence-corrected chi connectivity index (χ4v) is 14.8. The number of rotatable bonds is 8. The molecule has 3 nitrogen and oxygen atoms in total. The molecule has 0 saturated carbocycles. The molecule has 87 heavy (non-hydrogen) atoms. The normalized spacial score (nSPS) is 12.9. The van der Waals surface area contributed by atoms with E-state index in [2.05, 4.69) is 317 Å². The molecule has 420 valence electrons. The number of nitrogens with zero attached hydrogens (tertiary/aromatic N) is 2. The molecule has 0 atom stereocenters. The Labute approximate surface area is 527 Å². The number of fused-ring (bicyclic) bond motifs is 10. The van der Waals surface area contributed by atoms with Crippen molar-refractivity contribution in [1.82, 2.24) is 0 Å². The lowest BCUT2D eigenvalue weighted by atomic mass is 9.81. The number of halogens is 2. The van der Waals surface area contributed by atoms with Gasteiger partial charge in [0.05, 0.1) is 11.4 Å². The number of anilines is 8. The molecule has 0 amide bonds. The third-order valence-electron chi connectivity index (χ3n) is 17.6. The van der Waals surface area contributed by atoms with Crippen LogP contribution < -0.4 is 15.1 Å². The zero-order valence-electron chi connectivity index (χ0n) is 49.0. The van der Waals surface area contributed by atoms with E-state index in [4.69, 9.17) is 0 Å². The lowest BCUT2D eigenvalue weighted by Gasteiger charge is -2.33. The van der Waals surface area contributed by atoms with Gasteiger partial charge in [0.2, 0.25) is 0 Å². The summed E-state index contributed by atoms with van der Waals surface area (Å²) in [6.07, 6.45) is 0. The molecule has 14 aromatic rings. The van der Waals surface area contributed by atoms with E-state index in [1.54, 1.807) is 0 Å². The zero-order chi connectivity index (χ0) is 59.2. The maximum absolute atomic E-state index is 3.88. The van der Waals surface area contributed by atoms with Crippen LogP contribution in [0.4, 0.5) is 45.5 Å². The van der Waals surface area contributed by atoms with E-state index in [0.29, 0.717) is 0 Å². The SMILES string of the molecule is CC1(C)c2ccccc2-c2cc3c(Br)c4ccccc4c(Br)c3cc21.CC1(C)c2ccccc2-c2cc3c(N(c4ccccc4)c4ccccc4)c4ccccc4c(N(c4ccccc4)c4ccccc4)c3cc21.c1ccc(Nc2ccccc2)cc1. The van der Waals surface area contributed by atoms with Crippen molar-refractivity contribution in [3.8, 4) is 22.3 Å². The van der Waals surface area contributed by atoms with E-state index in [0.717, 1.165) is 34.1 Å². The Bertz CT molecular complexity index is 4720. The second kappa shape index (κ2) is 23.1. The highest BCUT2D eigenvalue weighted by molar-refractivity contribution is 9.11. The van der Waals surface area contributed by atoms with E-state index in [9.17, 15) is 0 Å². The van der Waals surface area contributed by atoms with Gasteiger partial charge in [0, 0.05) is 75.4 Å². The van der Waals surface area contributed by atoms with Crippen molar-refractivity contribution in [3.63, 3.8) is 0 Å². The predicted octanol–water partition coefficient (Wildman–Crippen LogP) is 24.5. The molecule has 2 aliphatic rings. The van der Waals surface area contributed by atoms with Gasteiger partial charge in [0.1, 0.15) is 0 Å². The number of para-hydroxylation sites is 6. The predicted molar refractivity (Wildman–Crippen MR) is 379 cm³/mol. The second-order valence-electron chi connectivity index (χ2n) is 23.5. The molecular weight excluding hydrogens is 1190 g/mol. The van der Waals surface area contributed by atoms with Crippen LogP contribution in [-0.2, 0) is 10.8 Å². The highest BCUT2D eigenvalue weighted by atomic mass is 79.9. The summed E-state index contributed by atoms with van der Waals surface area (Å²) in [7, 11) is 0. The Morgan fingerprint density at radius 3 is 0.908 bits per heavy atom. The molecule has 0 saturated heterocycles. The molecule has 0 spiro atoms. The monoisotopic (exact) mass is 1250 g/mol. The summed E-state index contributed by atoms with van der Waals surface area (Å²) in [6.45, 7) is 9.40. The third-order valence-corrected chi connectivity index (χ3v) is 19.3. The Morgan fingerprint density at radius 1 is 0.253 bits per heavy atom. The van der Waals surface area contributed by atoms with Crippen LogP contribution in [0.25, 0.3) is 65.3 Å². The molecule has 0 heterocycles. The minimum absolute atomic E-state index is 0.0255. The second-order valence-corrected chi connectivity index (χ2v) is 25.1. The Balaban J connectivity index is 0.000000144. The van der Waals surface area contributed by atoms with Crippen molar-refractivity contribution in [2.75, 3.05) is 15.1 Å². The Morgan fingerprint density at radius 2 is 0.529 bits per heavy atom. The summed E-state index contributed by atoms with van der Waals surface area (Å²) < 4.78 is 2.35.